The van der Waals surface area contributed by atoms with Crippen molar-refractivity contribution >= 4 is 29.8 Å². The molecule has 94 valence electrons. The topological polar surface area (TPSA) is 43.1 Å². The van der Waals surface area contributed by atoms with Crippen molar-refractivity contribution in [1.29, 1.82) is 0 Å². The third-order valence-corrected chi connectivity index (χ3v) is 3.78. The van der Waals surface area contributed by atoms with Gasteiger partial charge in [-0.25, -0.2) is 0 Å². The molecule has 2 atom stereocenters. The highest BCUT2D eigenvalue weighted by atomic mass is 35.5. The summed E-state index contributed by atoms with van der Waals surface area (Å²) in [5, 5.41) is 0.590. The SMILES string of the molecule is C[C@@H]1CCC[C@@](N)(c2ccccc2Cl)C1=O.Cl. The van der Waals surface area contributed by atoms with Gasteiger partial charge in [0, 0.05) is 10.9 Å². The number of rotatable bonds is 1. The first-order chi connectivity index (χ1) is 7.55. The summed E-state index contributed by atoms with van der Waals surface area (Å²) in [6.07, 6.45) is 2.61. The number of nitrogens with two attached hydrogens (primary N) is 1. The lowest BCUT2D eigenvalue weighted by atomic mass is 9.72. The summed E-state index contributed by atoms with van der Waals surface area (Å²) in [6, 6.07) is 7.38. The van der Waals surface area contributed by atoms with Crippen molar-refractivity contribution in [3.05, 3.63) is 34.9 Å². The molecule has 1 aromatic rings. The monoisotopic (exact) mass is 273 g/mol. The number of carbonyl (C=O) groups is 1. The van der Waals surface area contributed by atoms with Crippen molar-refractivity contribution in [1.82, 2.24) is 0 Å². The number of hydrogen-bond acceptors (Lipinski definition) is 2. The van der Waals surface area contributed by atoms with Crippen LogP contribution < -0.4 is 5.73 Å². The Hall–Kier alpha value is -0.570. The van der Waals surface area contributed by atoms with Crippen molar-refractivity contribution in [2.24, 2.45) is 11.7 Å². The molecule has 1 aromatic carbocycles. The molecule has 4 heteroatoms. The molecule has 0 radical (unpaired) electrons. The molecule has 1 saturated carbocycles. The van der Waals surface area contributed by atoms with E-state index in [9.17, 15) is 4.79 Å². The first-order valence-corrected chi connectivity index (χ1v) is 6.01. The number of hydrogen-bond donors (Lipinski definition) is 1. The van der Waals surface area contributed by atoms with E-state index in [2.05, 4.69) is 0 Å². The quantitative estimate of drug-likeness (QED) is 0.853. The summed E-state index contributed by atoms with van der Waals surface area (Å²) in [5.41, 5.74) is 6.17. The fraction of sp³-hybridized carbons (Fsp3) is 0.462. The van der Waals surface area contributed by atoms with Crippen LogP contribution in [0.25, 0.3) is 0 Å². The largest absolute Gasteiger partial charge is 0.315 e. The van der Waals surface area contributed by atoms with E-state index < -0.39 is 5.54 Å². The van der Waals surface area contributed by atoms with Crippen LogP contribution >= 0.6 is 24.0 Å². The summed E-state index contributed by atoms with van der Waals surface area (Å²) < 4.78 is 0. The lowest BCUT2D eigenvalue weighted by molar-refractivity contribution is -0.130. The molecule has 1 aliphatic carbocycles. The molecule has 0 bridgehead atoms. The molecule has 2 N–H and O–H groups in total. The number of carbonyl (C=O) groups excluding carboxylic acids is 1. The number of halogens is 2. The standard InChI is InChI=1S/C13H16ClNO.ClH/c1-9-5-4-8-13(15,12(9)16)10-6-2-3-7-11(10)14;/h2-3,6-7,9H,4-5,8,15H2,1H3;1H/t9-,13-;/m1./s1. The van der Waals surface area contributed by atoms with Gasteiger partial charge in [0.05, 0.1) is 0 Å². The summed E-state index contributed by atoms with van der Waals surface area (Å²) >= 11 is 6.13. The zero-order valence-electron chi connectivity index (χ0n) is 9.78. The smallest absolute Gasteiger partial charge is 0.160 e. The fourth-order valence-corrected chi connectivity index (χ4v) is 2.78. The van der Waals surface area contributed by atoms with E-state index in [1.54, 1.807) is 6.07 Å². The maximum atomic E-state index is 12.2. The lowest BCUT2D eigenvalue weighted by Crippen LogP contribution is -2.50. The molecule has 1 aliphatic rings. The van der Waals surface area contributed by atoms with Gasteiger partial charge in [0.1, 0.15) is 5.54 Å². The van der Waals surface area contributed by atoms with Gasteiger partial charge in [0.15, 0.2) is 5.78 Å². The van der Waals surface area contributed by atoms with E-state index in [0.717, 1.165) is 18.4 Å². The minimum atomic E-state index is -0.879. The van der Waals surface area contributed by atoms with E-state index in [4.69, 9.17) is 17.3 Å². The van der Waals surface area contributed by atoms with E-state index in [0.29, 0.717) is 11.4 Å². The number of Topliss-reactive ketones (excluding diaryl/α,β-unsaturated/α-hetero) is 1. The van der Waals surface area contributed by atoms with Crippen LogP contribution in [0.5, 0.6) is 0 Å². The van der Waals surface area contributed by atoms with Gasteiger partial charge in [-0.3, -0.25) is 4.79 Å². The molecule has 0 spiro atoms. The van der Waals surface area contributed by atoms with E-state index >= 15 is 0 Å². The highest BCUT2D eigenvalue weighted by Crippen LogP contribution is 2.37. The van der Waals surface area contributed by atoms with Gasteiger partial charge >= 0.3 is 0 Å². The highest BCUT2D eigenvalue weighted by molar-refractivity contribution is 6.31. The Morgan fingerprint density at radius 3 is 2.71 bits per heavy atom. The van der Waals surface area contributed by atoms with Crippen LogP contribution in [0, 0.1) is 5.92 Å². The maximum absolute atomic E-state index is 12.2. The number of benzene rings is 1. The average Bonchev–Trinajstić information content (AvgIpc) is 2.26. The second-order valence-corrected chi connectivity index (χ2v) is 5.02. The van der Waals surface area contributed by atoms with Crippen LogP contribution in [0.15, 0.2) is 24.3 Å². The molecular formula is C13H17Cl2NO. The van der Waals surface area contributed by atoms with E-state index in [1.165, 1.54) is 0 Å². The Morgan fingerprint density at radius 1 is 1.41 bits per heavy atom. The lowest BCUT2D eigenvalue weighted by Gasteiger charge is -2.36. The molecule has 0 heterocycles. The van der Waals surface area contributed by atoms with Crippen LogP contribution in [0.1, 0.15) is 31.7 Å². The molecule has 0 saturated heterocycles. The molecular weight excluding hydrogens is 257 g/mol. The normalized spacial score (nSPS) is 28.6. The van der Waals surface area contributed by atoms with Gasteiger partial charge in [-0.1, -0.05) is 43.1 Å². The zero-order valence-corrected chi connectivity index (χ0v) is 11.4. The Morgan fingerprint density at radius 2 is 2.06 bits per heavy atom. The van der Waals surface area contributed by atoms with E-state index in [-0.39, 0.29) is 24.1 Å². The van der Waals surface area contributed by atoms with Crippen LogP contribution in [0.2, 0.25) is 5.02 Å². The predicted octanol–water partition coefficient (Wildman–Crippen LogP) is 3.30. The fourth-order valence-electron chi connectivity index (χ4n) is 2.47. The van der Waals surface area contributed by atoms with Crippen molar-refractivity contribution in [3.63, 3.8) is 0 Å². The molecule has 0 unspecified atom stereocenters. The van der Waals surface area contributed by atoms with Crippen molar-refractivity contribution in [3.8, 4) is 0 Å². The second-order valence-electron chi connectivity index (χ2n) is 4.61. The maximum Gasteiger partial charge on any atom is 0.160 e. The first kappa shape index (κ1) is 14.5. The van der Waals surface area contributed by atoms with Gasteiger partial charge in [-0.2, -0.15) is 0 Å². The third kappa shape index (κ3) is 2.49. The Bertz CT molecular complexity index is 422. The van der Waals surface area contributed by atoms with Crippen molar-refractivity contribution < 1.29 is 4.79 Å². The molecule has 0 aliphatic heterocycles. The van der Waals surface area contributed by atoms with Gasteiger partial charge in [-0.05, 0) is 24.5 Å². The molecule has 2 nitrogen and oxygen atoms in total. The Kier molecular flexibility index (Phi) is 4.59. The Balaban J connectivity index is 0.00000144. The van der Waals surface area contributed by atoms with E-state index in [1.807, 2.05) is 25.1 Å². The summed E-state index contributed by atoms with van der Waals surface area (Å²) in [4.78, 5) is 12.2. The second kappa shape index (κ2) is 5.38. The van der Waals surface area contributed by atoms with Gasteiger partial charge in [-0.15, -0.1) is 12.4 Å². The van der Waals surface area contributed by atoms with Gasteiger partial charge in [0.25, 0.3) is 0 Å². The third-order valence-electron chi connectivity index (χ3n) is 3.45. The van der Waals surface area contributed by atoms with Gasteiger partial charge < -0.3 is 5.73 Å². The van der Waals surface area contributed by atoms with Crippen LogP contribution in [0.3, 0.4) is 0 Å². The first-order valence-electron chi connectivity index (χ1n) is 5.64. The minimum Gasteiger partial charge on any atom is -0.315 e. The summed E-state index contributed by atoms with van der Waals surface area (Å²) in [6.45, 7) is 1.94. The molecule has 0 aromatic heterocycles. The summed E-state index contributed by atoms with van der Waals surface area (Å²) in [7, 11) is 0. The van der Waals surface area contributed by atoms with Gasteiger partial charge in [0.2, 0.25) is 0 Å². The van der Waals surface area contributed by atoms with Crippen LogP contribution in [-0.2, 0) is 10.3 Å². The minimum absolute atomic E-state index is 0. The summed E-state index contributed by atoms with van der Waals surface area (Å²) in [5.74, 6) is 0.155. The average molecular weight is 274 g/mol. The molecule has 0 amide bonds. The Labute approximate surface area is 113 Å². The van der Waals surface area contributed by atoms with Crippen LogP contribution in [0.4, 0.5) is 0 Å². The molecule has 2 rings (SSSR count). The van der Waals surface area contributed by atoms with Crippen molar-refractivity contribution in [2.45, 2.75) is 31.7 Å². The molecule has 17 heavy (non-hydrogen) atoms. The number of ketones is 1. The highest BCUT2D eigenvalue weighted by Gasteiger charge is 2.42. The molecule has 1 fully saturated rings. The van der Waals surface area contributed by atoms with Crippen molar-refractivity contribution in [2.75, 3.05) is 0 Å². The predicted molar refractivity (Wildman–Crippen MR) is 72.6 cm³/mol. The van der Waals surface area contributed by atoms with Crippen LogP contribution in [-0.4, -0.2) is 5.78 Å². The zero-order chi connectivity index (χ0) is 11.8.